The molecule has 112 valence electrons. The van der Waals surface area contributed by atoms with Gasteiger partial charge in [-0.15, -0.1) is 0 Å². The second-order valence-electron chi connectivity index (χ2n) is 4.67. The van der Waals surface area contributed by atoms with Crippen LogP contribution in [-0.2, 0) is 6.42 Å². The van der Waals surface area contributed by atoms with Crippen molar-refractivity contribution in [3.8, 4) is 11.5 Å². The number of hydrogen-bond acceptors (Lipinski definition) is 3. The molecule has 2 N–H and O–H groups in total. The van der Waals surface area contributed by atoms with E-state index in [1.54, 1.807) is 19.2 Å². The molecule has 2 rings (SSSR count). The minimum Gasteiger partial charge on any atom is -0.497 e. The first-order chi connectivity index (χ1) is 10.0. The van der Waals surface area contributed by atoms with Gasteiger partial charge < -0.3 is 15.2 Å². The lowest BCUT2D eigenvalue weighted by Crippen LogP contribution is -2.17. The topological polar surface area (TPSA) is 44.5 Å². The van der Waals surface area contributed by atoms with E-state index in [0.717, 1.165) is 17.7 Å². The average Bonchev–Trinajstić information content (AvgIpc) is 2.46. The van der Waals surface area contributed by atoms with Crippen LogP contribution < -0.4 is 15.2 Å². The van der Waals surface area contributed by atoms with Gasteiger partial charge in [-0.3, -0.25) is 0 Å². The summed E-state index contributed by atoms with van der Waals surface area (Å²) in [6.07, 6.45) is 0.303. The molecule has 0 amide bonds. The quantitative estimate of drug-likeness (QED) is 0.920. The van der Waals surface area contributed by atoms with E-state index in [1.807, 2.05) is 12.1 Å². The summed E-state index contributed by atoms with van der Waals surface area (Å²) in [6, 6.07) is 8.70. The van der Waals surface area contributed by atoms with Crippen molar-refractivity contribution in [2.45, 2.75) is 12.5 Å². The summed E-state index contributed by atoms with van der Waals surface area (Å²) in [7, 11) is 2.91. The zero-order chi connectivity index (χ0) is 15.4. The molecule has 5 heteroatoms. The Bertz CT molecular complexity index is 608. The number of ether oxygens (including phenoxy) is 2. The van der Waals surface area contributed by atoms with Gasteiger partial charge in [-0.05, 0) is 24.1 Å². The Morgan fingerprint density at radius 2 is 1.62 bits per heavy atom. The number of nitrogens with two attached hydrogens (primary N) is 1. The molecule has 3 nitrogen and oxygen atoms in total. The highest BCUT2D eigenvalue weighted by Gasteiger charge is 2.19. The minimum atomic E-state index is -0.789. The third-order valence-electron chi connectivity index (χ3n) is 3.25. The highest BCUT2D eigenvalue weighted by molar-refractivity contribution is 5.34. The molecule has 0 aliphatic carbocycles. The largest absolute Gasteiger partial charge is 0.497 e. The van der Waals surface area contributed by atoms with E-state index in [4.69, 9.17) is 15.2 Å². The Morgan fingerprint density at radius 3 is 2.19 bits per heavy atom. The molecule has 0 radical (unpaired) electrons. The second kappa shape index (κ2) is 6.54. The first kappa shape index (κ1) is 15.3. The van der Waals surface area contributed by atoms with Gasteiger partial charge >= 0.3 is 0 Å². The van der Waals surface area contributed by atoms with Crippen molar-refractivity contribution in [1.29, 1.82) is 0 Å². The molecule has 0 saturated heterocycles. The Balaban J connectivity index is 2.25. The van der Waals surface area contributed by atoms with Gasteiger partial charge in [0.15, 0.2) is 0 Å². The molecule has 0 fully saturated rings. The molecule has 1 unspecified atom stereocenters. The van der Waals surface area contributed by atoms with Gasteiger partial charge in [0.05, 0.1) is 14.2 Å². The van der Waals surface area contributed by atoms with Crippen LogP contribution in [0.25, 0.3) is 0 Å². The zero-order valence-electron chi connectivity index (χ0n) is 11.9. The molecule has 0 aromatic heterocycles. The van der Waals surface area contributed by atoms with Crippen LogP contribution in [0.3, 0.4) is 0 Å². The second-order valence-corrected chi connectivity index (χ2v) is 4.67. The third kappa shape index (κ3) is 3.49. The molecule has 0 heterocycles. The lowest BCUT2D eigenvalue weighted by Gasteiger charge is -2.15. The number of benzene rings is 2. The third-order valence-corrected chi connectivity index (χ3v) is 3.25. The standard InChI is InChI=1S/C16H17F2NO2/c1-20-11-5-3-4-10(6-11)7-15(19)16-13(17)8-12(21-2)9-14(16)18/h3-6,8-9,15H,7,19H2,1-2H3. The zero-order valence-corrected chi connectivity index (χ0v) is 11.9. The maximum Gasteiger partial charge on any atom is 0.134 e. The number of methoxy groups -OCH3 is 2. The van der Waals surface area contributed by atoms with E-state index in [0.29, 0.717) is 12.2 Å². The van der Waals surface area contributed by atoms with Gasteiger partial charge in [-0.2, -0.15) is 0 Å². The first-order valence-electron chi connectivity index (χ1n) is 6.46. The predicted octanol–water partition coefficient (Wildman–Crippen LogP) is 3.22. The van der Waals surface area contributed by atoms with Gasteiger partial charge in [0.2, 0.25) is 0 Å². The van der Waals surface area contributed by atoms with Crippen LogP contribution in [0.4, 0.5) is 8.78 Å². The first-order valence-corrected chi connectivity index (χ1v) is 6.46. The van der Waals surface area contributed by atoms with Crippen LogP contribution in [0.1, 0.15) is 17.2 Å². The molecule has 0 aliphatic rings. The number of hydrogen-bond donors (Lipinski definition) is 1. The molecule has 0 spiro atoms. The molecule has 2 aromatic carbocycles. The van der Waals surface area contributed by atoms with Crippen LogP contribution in [-0.4, -0.2) is 14.2 Å². The summed E-state index contributed by atoms with van der Waals surface area (Å²) in [5.41, 5.74) is 6.65. The highest BCUT2D eigenvalue weighted by atomic mass is 19.1. The molecular weight excluding hydrogens is 276 g/mol. The number of halogens is 2. The van der Waals surface area contributed by atoms with Crippen molar-refractivity contribution in [1.82, 2.24) is 0 Å². The van der Waals surface area contributed by atoms with E-state index >= 15 is 0 Å². The summed E-state index contributed by atoms with van der Waals surface area (Å²) >= 11 is 0. The van der Waals surface area contributed by atoms with Crippen molar-refractivity contribution in [2.24, 2.45) is 5.73 Å². The monoisotopic (exact) mass is 293 g/mol. The maximum absolute atomic E-state index is 14.0. The fraction of sp³-hybridized carbons (Fsp3) is 0.250. The van der Waals surface area contributed by atoms with E-state index in [2.05, 4.69) is 0 Å². The van der Waals surface area contributed by atoms with Crippen LogP contribution in [0, 0.1) is 11.6 Å². The Morgan fingerprint density at radius 1 is 1.00 bits per heavy atom. The predicted molar refractivity (Wildman–Crippen MR) is 76.5 cm³/mol. The number of rotatable bonds is 5. The smallest absolute Gasteiger partial charge is 0.134 e. The van der Waals surface area contributed by atoms with Crippen LogP contribution in [0.15, 0.2) is 36.4 Å². The van der Waals surface area contributed by atoms with Crippen molar-refractivity contribution in [3.05, 3.63) is 59.2 Å². The molecule has 0 bridgehead atoms. The van der Waals surface area contributed by atoms with Crippen molar-refractivity contribution in [2.75, 3.05) is 14.2 Å². The van der Waals surface area contributed by atoms with Crippen LogP contribution in [0.2, 0.25) is 0 Å². The van der Waals surface area contributed by atoms with Crippen molar-refractivity contribution >= 4 is 0 Å². The van der Waals surface area contributed by atoms with E-state index < -0.39 is 17.7 Å². The molecule has 0 aliphatic heterocycles. The summed E-state index contributed by atoms with van der Waals surface area (Å²) < 4.78 is 37.9. The Hall–Kier alpha value is -2.14. The fourth-order valence-electron chi connectivity index (χ4n) is 2.19. The normalized spacial score (nSPS) is 12.0. The van der Waals surface area contributed by atoms with Gasteiger partial charge in [-0.25, -0.2) is 8.78 Å². The van der Waals surface area contributed by atoms with E-state index in [9.17, 15) is 8.78 Å². The summed E-state index contributed by atoms with van der Waals surface area (Å²) in [5, 5.41) is 0. The molecule has 21 heavy (non-hydrogen) atoms. The van der Waals surface area contributed by atoms with Gasteiger partial charge in [-0.1, -0.05) is 12.1 Å². The van der Waals surface area contributed by atoms with Crippen molar-refractivity contribution in [3.63, 3.8) is 0 Å². The molecule has 1 atom stereocenters. The van der Waals surface area contributed by atoms with Crippen LogP contribution in [0.5, 0.6) is 11.5 Å². The average molecular weight is 293 g/mol. The Kier molecular flexibility index (Phi) is 4.75. The van der Waals surface area contributed by atoms with E-state index in [-0.39, 0.29) is 11.3 Å². The SMILES string of the molecule is COc1cccc(CC(N)c2c(F)cc(OC)cc2F)c1. The minimum absolute atomic E-state index is 0.127. The highest BCUT2D eigenvalue weighted by Crippen LogP contribution is 2.27. The summed E-state index contributed by atoms with van der Waals surface area (Å²) in [6.45, 7) is 0. The maximum atomic E-state index is 14.0. The summed E-state index contributed by atoms with van der Waals surface area (Å²) in [5.74, 6) is -0.609. The lowest BCUT2D eigenvalue weighted by molar-refractivity contribution is 0.403. The fourth-order valence-corrected chi connectivity index (χ4v) is 2.19. The van der Waals surface area contributed by atoms with E-state index in [1.165, 1.54) is 7.11 Å². The van der Waals surface area contributed by atoms with Gasteiger partial charge in [0.25, 0.3) is 0 Å². The Labute approximate surface area is 122 Å². The lowest BCUT2D eigenvalue weighted by atomic mass is 9.98. The molecule has 0 saturated carbocycles. The van der Waals surface area contributed by atoms with Gasteiger partial charge in [0.1, 0.15) is 23.1 Å². The van der Waals surface area contributed by atoms with Crippen LogP contribution >= 0.6 is 0 Å². The summed E-state index contributed by atoms with van der Waals surface area (Å²) in [4.78, 5) is 0. The molecule has 2 aromatic rings. The molecular formula is C16H17F2NO2. The van der Waals surface area contributed by atoms with Crippen molar-refractivity contribution < 1.29 is 18.3 Å². The van der Waals surface area contributed by atoms with Gasteiger partial charge in [0, 0.05) is 23.7 Å².